The van der Waals surface area contributed by atoms with Crippen molar-refractivity contribution < 1.29 is 23.4 Å². The Morgan fingerprint density at radius 1 is 1.47 bits per heavy atom. The van der Waals surface area contributed by atoms with Crippen molar-refractivity contribution >= 4 is 22.6 Å². The van der Waals surface area contributed by atoms with Crippen molar-refractivity contribution in [3.8, 4) is 0 Å². The maximum Gasteiger partial charge on any atom is 0.413 e. The maximum atomic E-state index is 12.4. The van der Waals surface area contributed by atoms with Crippen LogP contribution in [0.15, 0.2) is 0 Å². The van der Waals surface area contributed by atoms with Gasteiger partial charge in [-0.05, 0) is 27.7 Å². The lowest BCUT2D eigenvalue weighted by molar-refractivity contribution is -0.00415. The van der Waals surface area contributed by atoms with E-state index in [2.05, 4.69) is 10.3 Å². The highest BCUT2D eigenvalue weighted by Gasteiger charge is 2.25. The lowest BCUT2D eigenvalue weighted by atomic mass is 10.2. The van der Waals surface area contributed by atoms with Gasteiger partial charge in [-0.15, -0.1) is 0 Å². The summed E-state index contributed by atoms with van der Waals surface area (Å²) in [6.07, 6.45) is -5.51. The molecule has 0 bridgehead atoms. The van der Waals surface area contributed by atoms with Gasteiger partial charge in [-0.25, -0.2) is 18.6 Å². The smallest absolute Gasteiger partial charge is 0.413 e. The molecule has 1 atom stereocenters. The van der Waals surface area contributed by atoms with E-state index in [4.69, 9.17) is 4.74 Å². The van der Waals surface area contributed by atoms with Crippen LogP contribution >= 0.6 is 11.3 Å². The third-order valence-electron chi connectivity index (χ3n) is 1.95. The molecule has 0 aliphatic rings. The number of hydrogen-bond donors (Lipinski definition) is 2. The number of carbonyl (C=O) groups is 1. The monoisotopic (exact) mass is 294 g/mol. The van der Waals surface area contributed by atoms with Gasteiger partial charge in [0, 0.05) is 0 Å². The molecule has 0 saturated carbocycles. The van der Waals surface area contributed by atoms with Crippen LogP contribution in [0.5, 0.6) is 0 Å². The standard InChI is InChI=1S/C11H16F2N2O3S/c1-5-7(6(16)8(12)13)19-9(14-5)15-10(17)18-11(2,3)4/h6,8,16H,1-4H3,(H,14,15,17). The van der Waals surface area contributed by atoms with E-state index in [1.54, 1.807) is 20.8 Å². The molecular formula is C11H16F2N2O3S. The predicted octanol–water partition coefficient (Wildman–Crippen LogP) is 3.10. The predicted molar refractivity (Wildman–Crippen MR) is 67.7 cm³/mol. The normalized spacial score (nSPS) is 13.5. The Labute approximate surface area is 113 Å². The van der Waals surface area contributed by atoms with Gasteiger partial charge in [0.05, 0.1) is 10.6 Å². The Morgan fingerprint density at radius 2 is 2.05 bits per heavy atom. The van der Waals surface area contributed by atoms with Gasteiger partial charge in [-0.2, -0.15) is 0 Å². The van der Waals surface area contributed by atoms with Gasteiger partial charge in [0.25, 0.3) is 6.43 Å². The second-order valence-corrected chi connectivity index (χ2v) is 5.91. The minimum Gasteiger partial charge on any atom is -0.444 e. The number of nitrogens with one attached hydrogen (secondary N) is 1. The molecule has 2 N–H and O–H groups in total. The lowest BCUT2D eigenvalue weighted by Crippen LogP contribution is -2.27. The number of aryl methyl sites for hydroxylation is 1. The third kappa shape index (κ3) is 4.71. The number of hydrogen-bond acceptors (Lipinski definition) is 5. The van der Waals surface area contributed by atoms with Crippen LogP contribution in [0.1, 0.15) is 37.4 Å². The Bertz CT molecular complexity index is 457. The Kier molecular flexibility index (Phi) is 4.81. The average molecular weight is 294 g/mol. The fraction of sp³-hybridized carbons (Fsp3) is 0.636. The van der Waals surface area contributed by atoms with Gasteiger partial charge in [0.15, 0.2) is 11.2 Å². The first-order valence-electron chi connectivity index (χ1n) is 5.53. The molecule has 0 spiro atoms. The van der Waals surface area contributed by atoms with E-state index in [1.165, 1.54) is 6.92 Å². The quantitative estimate of drug-likeness (QED) is 0.898. The number of alkyl halides is 2. The van der Waals surface area contributed by atoms with Crippen LogP contribution in [0.25, 0.3) is 0 Å². The van der Waals surface area contributed by atoms with E-state index in [-0.39, 0.29) is 15.7 Å². The molecule has 1 rings (SSSR count). The molecule has 0 radical (unpaired) electrons. The second-order valence-electron chi connectivity index (χ2n) is 4.87. The Hall–Kier alpha value is -1.28. The highest BCUT2D eigenvalue weighted by atomic mass is 32.1. The fourth-order valence-corrected chi connectivity index (χ4v) is 2.18. The zero-order valence-electron chi connectivity index (χ0n) is 11.0. The van der Waals surface area contributed by atoms with Crippen molar-refractivity contribution in [3.05, 3.63) is 10.6 Å². The summed E-state index contributed by atoms with van der Waals surface area (Å²) in [6.45, 7) is 6.58. The topological polar surface area (TPSA) is 71.5 Å². The first-order chi connectivity index (χ1) is 8.60. The van der Waals surface area contributed by atoms with Gasteiger partial charge in [-0.1, -0.05) is 11.3 Å². The zero-order valence-corrected chi connectivity index (χ0v) is 11.8. The minimum absolute atomic E-state index is 0.0288. The molecule has 0 fully saturated rings. The molecular weight excluding hydrogens is 278 g/mol. The van der Waals surface area contributed by atoms with Crippen molar-refractivity contribution in [2.75, 3.05) is 5.32 Å². The van der Waals surface area contributed by atoms with Gasteiger partial charge in [-0.3, -0.25) is 5.32 Å². The first-order valence-corrected chi connectivity index (χ1v) is 6.35. The number of anilines is 1. The highest BCUT2D eigenvalue weighted by Crippen LogP contribution is 2.31. The number of aromatic nitrogens is 1. The molecule has 5 nitrogen and oxygen atoms in total. The van der Waals surface area contributed by atoms with Crippen LogP contribution in [0.2, 0.25) is 0 Å². The number of halogens is 2. The van der Waals surface area contributed by atoms with E-state index in [0.717, 1.165) is 11.3 Å². The molecule has 19 heavy (non-hydrogen) atoms. The van der Waals surface area contributed by atoms with Gasteiger partial charge < -0.3 is 9.84 Å². The molecule has 0 saturated heterocycles. The molecule has 0 aromatic carbocycles. The number of amides is 1. The van der Waals surface area contributed by atoms with Crippen LogP contribution in [-0.4, -0.2) is 28.2 Å². The lowest BCUT2D eigenvalue weighted by Gasteiger charge is -2.18. The van der Waals surface area contributed by atoms with E-state index < -0.39 is 24.2 Å². The van der Waals surface area contributed by atoms with Crippen LogP contribution in [0.3, 0.4) is 0 Å². The molecule has 1 unspecified atom stereocenters. The molecule has 1 aromatic heterocycles. The summed E-state index contributed by atoms with van der Waals surface area (Å²) in [5.41, 5.74) is -0.411. The summed E-state index contributed by atoms with van der Waals surface area (Å²) < 4.78 is 29.8. The van der Waals surface area contributed by atoms with Crippen LogP contribution in [0, 0.1) is 6.92 Å². The van der Waals surface area contributed by atoms with Crippen LogP contribution in [-0.2, 0) is 4.74 Å². The molecule has 0 aliphatic heterocycles. The highest BCUT2D eigenvalue weighted by molar-refractivity contribution is 7.16. The summed E-state index contributed by atoms with van der Waals surface area (Å²) in [7, 11) is 0. The van der Waals surface area contributed by atoms with E-state index in [9.17, 15) is 18.7 Å². The number of carbonyl (C=O) groups excluding carboxylic acids is 1. The summed E-state index contributed by atoms with van der Waals surface area (Å²) in [5, 5.41) is 11.7. The molecule has 8 heteroatoms. The minimum atomic E-state index is -2.89. The van der Waals surface area contributed by atoms with Crippen molar-refractivity contribution in [1.82, 2.24) is 4.98 Å². The summed E-state index contributed by atoms with van der Waals surface area (Å²) >= 11 is 0.797. The van der Waals surface area contributed by atoms with Crippen molar-refractivity contribution in [1.29, 1.82) is 0 Å². The van der Waals surface area contributed by atoms with E-state index in [1.807, 2.05) is 0 Å². The number of aliphatic hydroxyl groups excluding tert-OH is 1. The van der Waals surface area contributed by atoms with E-state index >= 15 is 0 Å². The van der Waals surface area contributed by atoms with Crippen molar-refractivity contribution in [2.45, 2.75) is 45.8 Å². The van der Waals surface area contributed by atoms with Crippen molar-refractivity contribution in [2.24, 2.45) is 0 Å². The van der Waals surface area contributed by atoms with Gasteiger partial charge in [0.1, 0.15) is 5.60 Å². The molecule has 1 aromatic rings. The maximum absolute atomic E-state index is 12.4. The Balaban J connectivity index is 2.77. The third-order valence-corrected chi connectivity index (χ3v) is 3.09. The number of aliphatic hydroxyl groups is 1. The Morgan fingerprint density at radius 3 is 2.53 bits per heavy atom. The van der Waals surface area contributed by atoms with Gasteiger partial charge >= 0.3 is 6.09 Å². The van der Waals surface area contributed by atoms with E-state index in [0.29, 0.717) is 0 Å². The molecule has 1 amide bonds. The summed E-state index contributed by atoms with van der Waals surface area (Å²) in [5.74, 6) is 0. The second kappa shape index (κ2) is 5.79. The number of rotatable bonds is 3. The molecule has 1 heterocycles. The van der Waals surface area contributed by atoms with Crippen molar-refractivity contribution in [3.63, 3.8) is 0 Å². The average Bonchev–Trinajstić information content (AvgIpc) is 2.54. The number of nitrogens with zero attached hydrogens (tertiary/aromatic N) is 1. The number of thiazole rings is 1. The largest absolute Gasteiger partial charge is 0.444 e. The number of ether oxygens (including phenoxy) is 1. The van der Waals surface area contributed by atoms with Crippen LogP contribution < -0.4 is 5.32 Å². The summed E-state index contributed by atoms with van der Waals surface area (Å²) in [6, 6.07) is 0. The molecule has 0 aliphatic carbocycles. The zero-order chi connectivity index (χ0) is 14.8. The fourth-order valence-electron chi connectivity index (χ4n) is 1.24. The molecule has 108 valence electrons. The SMILES string of the molecule is Cc1nc(NC(=O)OC(C)(C)C)sc1C(O)C(F)F. The first kappa shape index (κ1) is 15.8. The van der Waals surface area contributed by atoms with Crippen LogP contribution in [0.4, 0.5) is 18.7 Å². The summed E-state index contributed by atoms with van der Waals surface area (Å²) in [4.78, 5) is 15.4. The van der Waals surface area contributed by atoms with Gasteiger partial charge in [0.2, 0.25) is 0 Å².